The van der Waals surface area contributed by atoms with Crippen LogP contribution in [0.4, 0.5) is 0 Å². The highest BCUT2D eigenvalue weighted by molar-refractivity contribution is 4.89. The first-order chi connectivity index (χ1) is 5.76. The van der Waals surface area contributed by atoms with Crippen LogP contribution in [0.5, 0.6) is 0 Å². The van der Waals surface area contributed by atoms with Crippen LogP contribution in [0.2, 0.25) is 0 Å². The molecule has 3 N–H and O–H groups in total. The second-order valence-electron chi connectivity index (χ2n) is 4.19. The number of aliphatic hydroxyl groups excluding tert-OH is 1. The average molecular weight is 171 g/mol. The highest BCUT2D eigenvalue weighted by Gasteiger charge is 2.36. The van der Waals surface area contributed by atoms with Crippen LogP contribution in [-0.2, 0) is 0 Å². The lowest BCUT2D eigenvalue weighted by molar-refractivity contribution is 0.185. The summed E-state index contributed by atoms with van der Waals surface area (Å²) in [6.45, 7) is 3.30. The molecule has 0 aromatic rings. The van der Waals surface area contributed by atoms with E-state index in [2.05, 4.69) is 6.92 Å². The summed E-state index contributed by atoms with van der Waals surface area (Å²) >= 11 is 0. The molecular weight excluding hydrogens is 150 g/mol. The summed E-state index contributed by atoms with van der Waals surface area (Å²) in [4.78, 5) is 0. The van der Waals surface area contributed by atoms with Crippen LogP contribution < -0.4 is 5.73 Å². The van der Waals surface area contributed by atoms with Crippen LogP contribution in [0, 0.1) is 11.3 Å². The minimum absolute atomic E-state index is 0.287. The van der Waals surface area contributed by atoms with E-state index in [9.17, 15) is 0 Å². The van der Waals surface area contributed by atoms with Crippen LogP contribution in [0.3, 0.4) is 0 Å². The van der Waals surface area contributed by atoms with E-state index in [1.54, 1.807) is 0 Å². The predicted molar refractivity (Wildman–Crippen MR) is 50.8 cm³/mol. The van der Waals surface area contributed by atoms with Crippen LogP contribution in [0.25, 0.3) is 0 Å². The number of nitrogens with two attached hydrogens (primary N) is 1. The van der Waals surface area contributed by atoms with Gasteiger partial charge in [0.15, 0.2) is 0 Å². The van der Waals surface area contributed by atoms with Crippen molar-refractivity contribution in [2.45, 2.75) is 39.0 Å². The van der Waals surface area contributed by atoms with Crippen molar-refractivity contribution < 1.29 is 5.11 Å². The Hall–Kier alpha value is -0.0800. The fourth-order valence-corrected chi connectivity index (χ4v) is 2.43. The summed E-state index contributed by atoms with van der Waals surface area (Å²) in [6, 6.07) is 0. The van der Waals surface area contributed by atoms with Gasteiger partial charge in [0.2, 0.25) is 0 Å². The summed E-state index contributed by atoms with van der Waals surface area (Å²) in [6.07, 6.45) is 5.95. The topological polar surface area (TPSA) is 46.2 Å². The van der Waals surface area contributed by atoms with Gasteiger partial charge >= 0.3 is 0 Å². The number of hydrogen-bond acceptors (Lipinski definition) is 2. The largest absolute Gasteiger partial charge is 0.396 e. The molecule has 0 aromatic heterocycles. The Bertz CT molecular complexity index is 138. The quantitative estimate of drug-likeness (QED) is 0.673. The number of hydrogen-bond donors (Lipinski definition) is 2. The van der Waals surface area contributed by atoms with Gasteiger partial charge in [0.25, 0.3) is 0 Å². The van der Waals surface area contributed by atoms with Crippen LogP contribution in [0.1, 0.15) is 39.0 Å². The van der Waals surface area contributed by atoms with Gasteiger partial charge in [-0.1, -0.05) is 13.3 Å². The van der Waals surface area contributed by atoms with Crippen LogP contribution in [-0.4, -0.2) is 18.3 Å². The maximum absolute atomic E-state index is 8.93. The lowest BCUT2D eigenvalue weighted by Crippen LogP contribution is -2.28. The Morgan fingerprint density at radius 2 is 2.33 bits per heavy atom. The van der Waals surface area contributed by atoms with Crippen molar-refractivity contribution in [1.82, 2.24) is 0 Å². The molecule has 72 valence electrons. The maximum Gasteiger partial charge on any atom is 0.0436 e. The number of rotatable bonds is 4. The van der Waals surface area contributed by atoms with Gasteiger partial charge in [0.05, 0.1) is 0 Å². The smallest absolute Gasteiger partial charge is 0.0436 e. The normalized spacial score (nSPS) is 35.8. The molecule has 0 amide bonds. The molecule has 1 saturated carbocycles. The SMILES string of the molecule is CCC1CCC(CN)(CCO)C1. The van der Waals surface area contributed by atoms with Gasteiger partial charge in [0.1, 0.15) is 0 Å². The van der Waals surface area contributed by atoms with Gasteiger partial charge in [-0.25, -0.2) is 0 Å². The molecule has 2 unspecified atom stereocenters. The third-order valence-corrected chi connectivity index (χ3v) is 3.46. The Labute approximate surface area is 75.2 Å². The highest BCUT2D eigenvalue weighted by atomic mass is 16.3. The van der Waals surface area contributed by atoms with Crippen molar-refractivity contribution in [2.75, 3.05) is 13.2 Å². The summed E-state index contributed by atoms with van der Waals surface area (Å²) in [5.41, 5.74) is 6.05. The third-order valence-electron chi connectivity index (χ3n) is 3.46. The van der Waals surface area contributed by atoms with Crippen LogP contribution in [0.15, 0.2) is 0 Å². The van der Waals surface area contributed by atoms with Crippen molar-refractivity contribution in [2.24, 2.45) is 17.1 Å². The molecule has 1 aliphatic rings. The van der Waals surface area contributed by atoms with Gasteiger partial charge in [-0.2, -0.15) is 0 Å². The zero-order valence-electron chi connectivity index (χ0n) is 8.05. The van der Waals surface area contributed by atoms with Gasteiger partial charge in [-0.15, -0.1) is 0 Å². The zero-order chi connectivity index (χ0) is 9.03. The maximum atomic E-state index is 8.93. The molecule has 0 spiro atoms. The minimum Gasteiger partial charge on any atom is -0.396 e. The van der Waals surface area contributed by atoms with Crippen molar-refractivity contribution in [1.29, 1.82) is 0 Å². The molecule has 1 fully saturated rings. The van der Waals surface area contributed by atoms with Gasteiger partial charge in [-0.05, 0) is 43.6 Å². The molecule has 0 radical (unpaired) electrons. The Kier molecular flexibility index (Phi) is 3.53. The summed E-state index contributed by atoms with van der Waals surface area (Å²) < 4.78 is 0. The molecule has 0 bridgehead atoms. The van der Waals surface area contributed by atoms with E-state index in [0.29, 0.717) is 6.61 Å². The molecule has 1 rings (SSSR count). The first-order valence-electron chi connectivity index (χ1n) is 5.07. The van der Waals surface area contributed by atoms with E-state index in [-0.39, 0.29) is 5.41 Å². The Morgan fingerprint density at radius 1 is 1.58 bits per heavy atom. The van der Waals surface area contributed by atoms with Crippen molar-refractivity contribution >= 4 is 0 Å². The summed E-state index contributed by atoms with van der Waals surface area (Å²) in [5.74, 6) is 0.861. The summed E-state index contributed by atoms with van der Waals surface area (Å²) in [5, 5.41) is 8.93. The molecule has 0 heterocycles. The van der Waals surface area contributed by atoms with Gasteiger partial charge in [-0.3, -0.25) is 0 Å². The molecule has 2 atom stereocenters. The van der Waals surface area contributed by atoms with Gasteiger partial charge < -0.3 is 10.8 Å². The molecule has 0 saturated heterocycles. The Morgan fingerprint density at radius 3 is 2.75 bits per heavy atom. The van der Waals surface area contributed by atoms with E-state index in [1.165, 1.54) is 25.7 Å². The molecule has 12 heavy (non-hydrogen) atoms. The minimum atomic E-state index is 0.287. The highest BCUT2D eigenvalue weighted by Crippen LogP contribution is 2.44. The average Bonchev–Trinajstić information content (AvgIpc) is 2.50. The second kappa shape index (κ2) is 4.24. The first kappa shape index (κ1) is 10.0. The lowest BCUT2D eigenvalue weighted by atomic mass is 9.82. The first-order valence-corrected chi connectivity index (χ1v) is 5.07. The molecule has 0 aromatic carbocycles. The monoisotopic (exact) mass is 171 g/mol. The van der Waals surface area contributed by atoms with E-state index in [0.717, 1.165) is 18.9 Å². The fraction of sp³-hybridized carbons (Fsp3) is 1.00. The third kappa shape index (κ3) is 1.99. The lowest BCUT2D eigenvalue weighted by Gasteiger charge is -2.26. The second-order valence-corrected chi connectivity index (χ2v) is 4.19. The van der Waals surface area contributed by atoms with Gasteiger partial charge in [0, 0.05) is 6.61 Å². The van der Waals surface area contributed by atoms with E-state index in [4.69, 9.17) is 10.8 Å². The molecule has 2 nitrogen and oxygen atoms in total. The van der Waals surface area contributed by atoms with Crippen molar-refractivity contribution in [3.63, 3.8) is 0 Å². The standard InChI is InChI=1S/C10H21NO/c1-2-9-3-4-10(7-9,8-11)5-6-12/h9,12H,2-8,11H2,1H3. The summed E-state index contributed by atoms with van der Waals surface area (Å²) in [7, 11) is 0. The van der Waals surface area contributed by atoms with Crippen molar-refractivity contribution in [3.05, 3.63) is 0 Å². The molecule has 0 aliphatic heterocycles. The molecule has 2 heteroatoms. The van der Waals surface area contributed by atoms with E-state index < -0.39 is 0 Å². The van der Waals surface area contributed by atoms with Crippen molar-refractivity contribution in [3.8, 4) is 0 Å². The van der Waals surface area contributed by atoms with Crippen LogP contribution >= 0.6 is 0 Å². The van der Waals surface area contributed by atoms with E-state index in [1.807, 2.05) is 0 Å². The predicted octanol–water partition coefficient (Wildman–Crippen LogP) is 1.52. The fourth-order valence-electron chi connectivity index (χ4n) is 2.43. The number of aliphatic hydroxyl groups is 1. The molecular formula is C10H21NO. The van der Waals surface area contributed by atoms with E-state index >= 15 is 0 Å². The zero-order valence-corrected chi connectivity index (χ0v) is 8.05. The Balaban J connectivity index is 2.47. The molecule has 1 aliphatic carbocycles.